The Kier molecular flexibility index (Phi) is 9.24. The van der Waals surface area contributed by atoms with Crippen molar-refractivity contribution in [1.82, 2.24) is 0 Å². The van der Waals surface area contributed by atoms with Gasteiger partial charge in [-0.2, -0.15) is 0 Å². The summed E-state index contributed by atoms with van der Waals surface area (Å²) < 4.78 is 0. The fraction of sp³-hybridized carbons (Fsp3) is 0.158. The molecule has 0 spiro atoms. The van der Waals surface area contributed by atoms with Crippen molar-refractivity contribution in [1.29, 1.82) is 0 Å². The molecular weight excluding hydrogens is 769 g/mol. The lowest BCUT2D eigenvalue weighted by Gasteiger charge is -2.30. The van der Waals surface area contributed by atoms with E-state index in [1.165, 1.54) is 70.6 Å². The van der Waals surface area contributed by atoms with Gasteiger partial charge in [0.2, 0.25) is 0 Å². The monoisotopic (exact) mass is 822 g/mol. The van der Waals surface area contributed by atoms with Crippen LogP contribution in [-0.4, -0.2) is 16.1 Å². The summed E-state index contributed by atoms with van der Waals surface area (Å²) in [4.78, 5) is 4.90. The Balaban J connectivity index is 1.13. The summed E-state index contributed by atoms with van der Waals surface area (Å²) in [5.74, 6) is 0. The number of fused-ring (bicyclic) bond motifs is 7. The number of rotatable bonds is 8. The number of para-hydroxylation sites is 2. The van der Waals surface area contributed by atoms with Gasteiger partial charge in [-0.3, -0.25) is 0 Å². The lowest BCUT2D eigenvalue weighted by atomic mass is 9.81. The van der Waals surface area contributed by atoms with Gasteiger partial charge in [-0.25, -0.2) is 0 Å². The maximum Gasteiger partial charge on any atom is 0.0776 e. The van der Waals surface area contributed by atoms with E-state index in [4.69, 9.17) is 0 Å². The number of hydrogen-bond acceptors (Lipinski definition) is 2. The topological polar surface area (TPSA) is 6.48 Å². The molecule has 0 bridgehead atoms. The molecule has 0 unspecified atom stereocenters. The van der Waals surface area contributed by atoms with Crippen LogP contribution >= 0.6 is 0 Å². The van der Waals surface area contributed by atoms with Gasteiger partial charge in [0.1, 0.15) is 0 Å². The Morgan fingerprint density at radius 2 is 0.803 bits per heavy atom. The summed E-state index contributed by atoms with van der Waals surface area (Å²) in [6.07, 6.45) is 0. The first-order valence-electron chi connectivity index (χ1n) is 21.8. The summed E-state index contributed by atoms with van der Waals surface area (Å²) in [7, 11) is -2.88. The molecule has 0 heterocycles. The fourth-order valence-electron chi connectivity index (χ4n) is 9.58. The van der Waals surface area contributed by atoms with E-state index in [-0.39, 0.29) is 5.41 Å². The molecular formula is C57H54N2Si2. The van der Waals surface area contributed by atoms with Crippen molar-refractivity contribution < 1.29 is 0 Å². The molecule has 1 aliphatic rings. The molecule has 300 valence electrons. The van der Waals surface area contributed by atoms with Gasteiger partial charge in [0.05, 0.1) is 21.8 Å². The quantitative estimate of drug-likeness (QED) is 0.141. The molecule has 0 atom stereocenters. The zero-order valence-corrected chi connectivity index (χ0v) is 38.7. The van der Waals surface area contributed by atoms with Crippen molar-refractivity contribution in [2.45, 2.75) is 58.5 Å². The zero-order chi connectivity index (χ0) is 42.3. The number of hydrogen-bond donors (Lipinski definition) is 0. The molecule has 0 saturated carbocycles. The Morgan fingerprint density at radius 3 is 1.36 bits per heavy atom. The highest BCUT2D eigenvalue weighted by atomic mass is 28.3. The highest BCUT2D eigenvalue weighted by Gasteiger charge is 2.38. The molecule has 0 aliphatic heterocycles. The Morgan fingerprint density at radius 1 is 0.361 bits per heavy atom. The molecule has 4 heteroatoms. The minimum Gasteiger partial charge on any atom is -0.310 e. The van der Waals surface area contributed by atoms with Gasteiger partial charge in [-0.15, -0.1) is 0 Å². The van der Waals surface area contributed by atoms with Crippen molar-refractivity contribution in [2.75, 3.05) is 9.80 Å². The molecule has 0 aromatic heterocycles. The van der Waals surface area contributed by atoms with Crippen LogP contribution in [0.4, 0.5) is 34.1 Å². The first-order valence-corrected chi connectivity index (χ1v) is 28.8. The molecule has 61 heavy (non-hydrogen) atoms. The standard InChI is InChI=1S/C57H54N2Si2/c1-57(2)53-37-47(58(43-17-11-9-12-18-43)45-27-23-41-35-48(60(3,4)5)30-25-39(41)33-45)29-32-52(53)56-51-22-16-15-21-50(51)55(38-54(56)57)59(44-19-13-10-14-20-44)46-28-24-42-36-49(61(6,7)8)31-26-40(42)34-46/h9-38H,1-8H3. The van der Waals surface area contributed by atoms with E-state index >= 15 is 0 Å². The van der Waals surface area contributed by atoms with Crippen LogP contribution in [0.15, 0.2) is 182 Å². The summed E-state index contributed by atoms with van der Waals surface area (Å²) >= 11 is 0. The smallest absolute Gasteiger partial charge is 0.0776 e. The van der Waals surface area contributed by atoms with Crippen molar-refractivity contribution >= 4 is 93.0 Å². The van der Waals surface area contributed by atoms with Crippen molar-refractivity contribution in [3.8, 4) is 11.1 Å². The summed E-state index contributed by atoms with van der Waals surface area (Å²) in [6, 6.07) is 68.6. The Bertz CT molecular complexity index is 3140. The van der Waals surface area contributed by atoms with Crippen LogP contribution in [0.3, 0.4) is 0 Å². The molecule has 9 aromatic carbocycles. The molecule has 0 radical (unpaired) electrons. The fourth-order valence-corrected chi connectivity index (χ4v) is 11.9. The first-order chi connectivity index (χ1) is 29.3. The van der Waals surface area contributed by atoms with Crippen LogP contribution in [0.2, 0.25) is 39.3 Å². The molecule has 0 saturated heterocycles. The minimum atomic E-state index is -1.45. The van der Waals surface area contributed by atoms with E-state index in [2.05, 4.69) is 245 Å². The van der Waals surface area contributed by atoms with E-state index in [9.17, 15) is 0 Å². The van der Waals surface area contributed by atoms with Gasteiger partial charge in [0.15, 0.2) is 0 Å². The van der Waals surface area contributed by atoms with Crippen LogP contribution in [0.5, 0.6) is 0 Å². The van der Waals surface area contributed by atoms with Crippen LogP contribution in [0.25, 0.3) is 43.4 Å². The van der Waals surface area contributed by atoms with E-state index < -0.39 is 16.1 Å². The van der Waals surface area contributed by atoms with Gasteiger partial charge in [-0.05, 0) is 116 Å². The van der Waals surface area contributed by atoms with Crippen LogP contribution in [-0.2, 0) is 5.41 Å². The SMILES string of the molecule is CC1(C)c2cc(N(c3ccccc3)c3ccc4cc([Si](C)(C)C)ccc4c3)ccc2-c2c1cc(N(c1ccccc1)c1ccc3cc([Si](C)(C)C)ccc3c1)c1ccccc21. The van der Waals surface area contributed by atoms with Crippen LogP contribution in [0, 0.1) is 0 Å². The third-order valence-corrected chi connectivity index (χ3v) is 17.2. The molecule has 2 nitrogen and oxygen atoms in total. The molecule has 0 amide bonds. The normalized spacial score (nSPS) is 13.4. The highest BCUT2D eigenvalue weighted by Crippen LogP contribution is 2.56. The predicted molar refractivity (Wildman–Crippen MR) is 272 cm³/mol. The first kappa shape index (κ1) is 39.0. The average molecular weight is 823 g/mol. The van der Waals surface area contributed by atoms with Crippen molar-refractivity contribution in [3.63, 3.8) is 0 Å². The van der Waals surface area contributed by atoms with Crippen LogP contribution < -0.4 is 20.2 Å². The number of anilines is 6. The molecule has 10 rings (SSSR count). The lowest BCUT2D eigenvalue weighted by molar-refractivity contribution is 0.661. The second-order valence-corrected chi connectivity index (χ2v) is 29.7. The maximum atomic E-state index is 2.50. The van der Waals surface area contributed by atoms with Crippen LogP contribution in [0.1, 0.15) is 25.0 Å². The van der Waals surface area contributed by atoms with E-state index in [1.807, 2.05) is 0 Å². The van der Waals surface area contributed by atoms with Gasteiger partial charge >= 0.3 is 0 Å². The van der Waals surface area contributed by atoms with Crippen molar-refractivity contribution in [2.24, 2.45) is 0 Å². The average Bonchev–Trinajstić information content (AvgIpc) is 3.48. The summed E-state index contributed by atoms with van der Waals surface area (Å²) in [6.45, 7) is 19.4. The third kappa shape index (κ3) is 6.79. The van der Waals surface area contributed by atoms with E-state index in [0.29, 0.717) is 0 Å². The van der Waals surface area contributed by atoms with Gasteiger partial charge in [0, 0.05) is 39.2 Å². The van der Waals surface area contributed by atoms with Gasteiger partial charge in [0.25, 0.3) is 0 Å². The largest absolute Gasteiger partial charge is 0.310 e. The molecule has 9 aromatic rings. The summed E-state index contributed by atoms with van der Waals surface area (Å²) in [5.41, 5.74) is 12.0. The molecule has 0 fully saturated rings. The predicted octanol–water partition coefficient (Wildman–Crippen LogP) is 15.5. The third-order valence-electron chi connectivity index (χ3n) is 13.1. The van der Waals surface area contributed by atoms with Crippen molar-refractivity contribution in [3.05, 3.63) is 193 Å². The van der Waals surface area contributed by atoms with E-state index in [1.54, 1.807) is 0 Å². The Hall–Kier alpha value is -6.21. The maximum absolute atomic E-state index is 2.50. The number of benzene rings is 9. The summed E-state index contributed by atoms with van der Waals surface area (Å²) in [5, 5.41) is 10.6. The van der Waals surface area contributed by atoms with E-state index in [0.717, 1.165) is 28.4 Å². The second-order valence-electron chi connectivity index (χ2n) is 19.6. The lowest BCUT2D eigenvalue weighted by Crippen LogP contribution is -2.37. The minimum absolute atomic E-state index is 0.266. The molecule has 1 aliphatic carbocycles. The van der Waals surface area contributed by atoms with Gasteiger partial charge in [-0.1, -0.05) is 179 Å². The zero-order valence-electron chi connectivity index (χ0n) is 36.7. The van der Waals surface area contributed by atoms with Gasteiger partial charge < -0.3 is 9.80 Å². The highest BCUT2D eigenvalue weighted by molar-refractivity contribution is 6.89. The number of nitrogens with zero attached hydrogens (tertiary/aromatic N) is 2. The Labute approximate surface area is 363 Å². The second kappa shape index (κ2) is 14.5. The molecule has 0 N–H and O–H groups in total.